The molecule has 9 aromatic carbocycles. The molecule has 408 valence electrons. The van der Waals surface area contributed by atoms with Crippen molar-refractivity contribution in [1.82, 2.24) is 0 Å². The minimum absolute atomic E-state index is 0.256. The summed E-state index contributed by atoms with van der Waals surface area (Å²) >= 11 is 0. The van der Waals surface area contributed by atoms with E-state index in [1.54, 1.807) is 12.0 Å². The molecule has 0 aliphatic heterocycles. The second-order valence-electron chi connectivity index (χ2n) is 17.7. The molecule has 0 bridgehead atoms. The van der Waals surface area contributed by atoms with Gasteiger partial charge in [-0.1, -0.05) is 48.5 Å². The van der Waals surface area contributed by atoms with Crippen LogP contribution in [0.3, 0.4) is 0 Å². The molecule has 9 rings (SSSR count). The highest BCUT2D eigenvalue weighted by atomic mass is 16.4. The average Bonchev–Trinajstić information content (AvgIpc) is 3.61. The molecule has 0 aromatic heterocycles. The Bertz CT molecular complexity index is 4310. The molecule has 0 atom stereocenters. The second-order valence-corrected chi connectivity index (χ2v) is 17.7. The van der Waals surface area contributed by atoms with E-state index >= 15 is 0 Å². The highest BCUT2D eigenvalue weighted by molar-refractivity contribution is 6.27. The maximum Gasteiger partial charge on any atom is 0.214 e. The number of aromatic hydroxyl groups is 21. The monoisotopic (exact) mass is 1100 g/mol. The van der Waals surface area contributed by atoms with Crippen LogP contribution in [0, 0.1) is 12.3 Å². The molecule has 0 radical (unpaired) electrons. The van der Waals surface area contributed by atoms with Crippen LogP contribution in [-0.2, 0) is 6.42 Å². The van der Waals surface area contributed by atoms with Gasteiger partial charge in [0.05, 0.1) is 27.8 Å². The van der Waals surface area contributed by atoms with Crippen LogP contribution in [0.15, 0.2) is 83.7 Å². The molecule has 0 saturated heterocycles. The third-order valence-corrected chi connectivity index (χ3v) is 13.4. The predicted molar refractivity (Wildman–Crippen MR) is 278 cm³/mol. The Morgan fingerprint density at radius 3 is 0.950 bits per heavy atom. The second kappa shape index (κ2) is 18.3. The highest BCUT2D eigenvalue weighted by Gasteiger charge is 2.40. The lowest BCUT2D eigenvalue weighted by Gasteiger charge is -2.26. The predicted octanol–water partition coefficient (Wildman–Crippen LogP) is 8.13. The maximum atomic E-state index is 12.5. The molecule has 25 heteroatoms. The van der Waals surface area contributed by atoms with Gasteiger partial charge >= 0.3 is 0 Å². The average molecular weight is 1100 g/mol. The SMILES string of the molecule is C#C/C(O)=C(/O)C(O)=C(O)Cc1c(O)c(-c2c(O)c(O)c(O)c(O)c2O)c(O)c(O)c1-c1c2ccccc2c(-c2c(O)c(O)c(-c3c(O)c(O)c(O)c(O)c3O)c(O)c2-c2c(O)c(O)c(O)c(O)c2O)c2cc3ccccc3cc12. The Kier molecular flexibility index (Phi) is 12.0. The van der Waals surface area contributed by atoms with E-state index in [1.165, 1.54) is 54.6 Å². The first-order valence-electron chi connectivity index (χ1n) is 22.4. The lowest BCUT2D eigenvalue weighted by molar-refractivity contribution is 0.261. The Hall–Kier alpha value is -12.2. The number of aliphatic hydroxyl groups excluding tert-OH is 4. The molecule has 25 N–H and O–H groups in total. The Balaban J connectivity index is 1.56. The maximum absolute atomic E-state index is 12.5. The van der Waals surface area contributed by atoms with Crippen molar-refractivity contribution in [3.8, 4) is 189 Å². The quantitative estimate of drug-likeness (QED) is 0.0170. The van der Waals surface area contributed by atoms with Gasteiger partial charge in [0.15, 0.2) is 57.5 Å². The number of aliphatic hydroxyl groups is 4. The Morgan fingerprint density at radius 2 is 0.562 bits per heavy atom. The van der Waals surface area contributed by atoms with Gasteiger partial charge in [0.1, 0.15) is 17.3 Å². The smallest absolute Gasteiger partial charge is 0.214 e. The van der Waals surface area contributed by atoms with Crippen molar-refractivity contribution in [1.29, 1.82) is 0 Å². The molecule has 0 spiro atoms. The van der Waals surface area contributed by atoms with Crippen molar-refractivity contribution >= 4 is 32.3 Å². The number of terminal acetylenes is 1. The molecular weight excluding hydrogens is 1060 g/mol. The van der Waals surface area contributed by atoms with Gasteiger partial charge in [0, 0.05) is 39.8 Å². The van der Waals surface area contributed by atoms with Crippen LogP contribution in [0.5, 0.6) is 121 Å². The van der Waals surface area contributed by atoms with E-state index in [-0.39, 0.29) is 37.9 Å². The first-order chi connectivity index (χ1) is 37.6. The number of rotatable bonds is 8. The fourth-order valence-corrected chi connectivity index (χ4v) is 9.61. The third-order valence-electron chi connectivity index (χ3n) is 13.4. The minimum atomic E-state index is -1.61. The van der Waals surface area contributed by atoms with E-state index in [0.717, 1.165) is 0 Å². The zero-order chi connectivity index (χ0) is 58.7. The molecule has 0 unspecified atom stereocenters. The minimum Gasteiger partial charge on any atom is -0.508 e. The molecule has 0 aliphatic rings. The van der Waals surface area contributed by atoms with Crippen LogP contribution in [0.25, 0.3) is 88.0 Å². The van der Waals surface area contributed by atoms with E-state index in [2.05, 4.69) is 0 Å². The summed E-state index contributed by atoms with van der Waals surface area (Å²) in [6, 6.07) is 13.9. The molecule has 80 heavy (non-hydrogen) atoms. The Morgan fingerprint density at radius 1 is 0.287 bits per heavy atom. The summed E-state index contributed by atoms with van der Waals surface area (Å²) in [4.78, 5) is 0. The number of allylic oxidation sites excluding steroid dienone is 2. The molecule has 0 fully saturated rings. The van der Waals surface area contributed by atoms with Crippen molar-refractivity contribution in [2.75, 3.05) is 0 Å². The lowest BCUT2D eigenvalue weighted by Crippen LogP contribution is -2.04. The summed E-state index contributed by atoms with van der Waals surface area (Å²) < 4.78 is 0. The number of hydrogen-bond donors (Lipinski definition) is 25. The zero-order valence-corrected chi connectivity index (χ0v) is 39.7. The molecule has 0 aliphatic carbocycles. The van der Waals surface area contributed by atoms with E-state index in [1.807, 2.05) is 0 Å². The lowest BCUT2D eigenvalue weighted by atomic mass is 9.79. The summed E-state index contributed by atoms with van der Waals surface area (Å²) in [6.45, 7) is 0. The standard InChI is InChI=1S/C55H38O25/c1-2-21(56)34(59)35(60)22(57)13-20-25(37(62)39(64)29(33(20)58)31-43(68)49(74)54(79)50(75)44(31)69)23-16-9-5-6-10-17(16)24(19-12-15-8-4-3-7-14(15)11-18(19)23)26-27(28-41(66)47(72)53(78)48(73)42(28)67)36(61)30(40(65)38(26)63)32-45(70)51(76)55(80)52(77)46(32)71/h1,3-12,56-80H,13H2/b34-21-,35-22?. The number of phenolic OH excluding ortho intramolecular Hbond substituents is 21. The van der Waals surface area contributed by atoms with Crippen molar-refractivity contribution in [3.05, 3.63) is 89.3 Å². The first kappa shape index (κ1) is 52.7. The zero-order valence-electron chi connectivity index (χ0n) is 39.7. The van der Waals surface area contributed by atoms with Crippen molar-refractivity contribution < 1.29 is 128 Å². The van der Waals surface area contributed by atoms with Gasteiger partial charge in [-0.3, -0.25) is 0 Å². The molecular formula is C55H38O25. The normalized spacial score (nSPS) is 12.2. The van der Waals surface area contributed by atoms with Crippen molar-refractivity contribution in [2.45, 2.75) is 6.42 Å². The topological polar surface area (TPSA) is 506 Å². The molecule has 0 amide bonds. The van der Waals surface area contributed by atoms with Gasteiger partial charge < -0.3 is 128 Å². The van der Waals surface area contributed by atoms with Crippen LogP contribution in [0.4, 0.5) is 0 Å². The van der Waals surface area contributed by atoms with Crippen molar-refractivity contribution in [2.24, 2.45) is 0 Å². The van der Waals surface area contributed by atoms with Gasteiger partial charge in [-0.2, -0.15) is 0 Å². The van der Waals surface area contributed by atoms with Crippen LogP contribution >= 0.6 is 0 Å². The number of hydrogen-bond acceptors (Lipinski definition) is 25. The van der Waals surface area contributed by atoms with Crippen LogP contribution in [-0.4, -0.2) is 128 Å². The van der Waals surface area contributed by atoms with E-state index in [0.29, 0.717) is 0 Å². The highest BCUT2D eigenvalue weighted by Crippen LogP contribution is 2.68. The number of benzene rings is 9. The summed E-state index contributed by atoms with van der Waals surface area (Å²) in [5.74, 6) is -37.0. The number of phenols is 21. The summed E-state index contributed by atoms with van der Waals surface area (Å²) in [5.41, 5.74) is -11.4. The molecule has 25 nitrogen and oxygen atoms in total. The summed E-state index contributed by atoms with van der Waals surface area (Å²) in [7, 11) is 0. The summed E-state index contributed by atoms with van der Waals surface area (Å²) in [5, 5.41) is 279. The van der Waals surface area contributed by atoms with Gasteiger partial charge in [0.25, 0.3) is 0 Å². The number of fused-ring (bicyclic) bond motifs is 3. The van der Waals surface area contributed by atoms with Gasteiger partial charge in [0.2, 0.25) is 69.0 Å². The Labute approximate surface area is 443 Å². The van der Waals surface area contributed by atoms with Crippen molar-refractivity contribution in [3.63, 3.8) is 0 Å². The third kappa shape index (κ3) is 7.21. The van der Waals surface area contributed by atoms with Crippen LogP contribution < -0.4 is 0 Å². The molecule has 0 heterocycles. The van der Waals surface area contributed by atoms with Gasteiger partial charge in [-0.15, -0.1) is 6.42 Å². The van der Waals surface area contributed by atoms with Crippen LogP contribution in [0.2, 0.25) is 0 Å². The van der Waals surface area contributed by atoms with Gasteiger partial charge in [-0.25, -0.2) is 0 Å². The van der Waals surface area contributed by atoms with Gasteiger partial charge in [-0.05, 0) is 50.4 Å². The van der Waals surface area contributed by atoms with E-state index in [4.69, 9.17) is 6.42 Å². The first-order valence-corrected chi connectivity index (χ1v) is 22.4. The molecule has 0 saturated carbocycles. The van der Waals surface area contributed by atoms with E-state index < -0.39 is 206 Å². The fraction of sp³-hybridized carbons (Fsp3) is 0.0182. The van der Waals surface area contributed by atoms with Crippen LogP contribution in [0.1, 0.15) is 5.56 Å². The summed E-state index contributed by atoms with van der Waals surface area (Å²) in [6.07, 6.45) is 3.79. The fourth-order valence-electron chi connectivity index (χ4n) is 9.61. The largest absolute Gasteiger partial charge is 0.508 e. The molecule has 9 aromatic rings. The van der Waals surface area contributed by atoms with E-state index in [9.17, 15) is 128 Å².